The molecule has 0 bridgehead atoms. The minimum absolute atomic E-state index is 0. The van der Waals surface area contributed by atoms with Crippen LogP contribution in [-0.2, 0) is 9.53 Å². The number of piperidine rings is 1. The molecule has 0 spiro atoms. The highest BCUT2D eigenvalue weighted by Crippen LogP contribution is 2.17. The lowest BCUT2D eigenvalue weighted by molar-refractivity contribution is -0.134. The maximum atomic E-state index is 12.5. The first kappa shape index (κ1) is 20.7. The van der Waals surface area contributed by atoms with Gasteiger partial charge in [-0.15, -0.1) is 12.4 Å². The molecule has 2 saturated heterocycles. The van der Waals surface area contributed by atoms with Crippen molar-refractivity contribution in [2.24, 2.45) is 5.92 Å². The number of rotatable bonds is 5. The van der Waals surface area contributed by atoms with Gasteiger partial charge in [-0.1, -0.05) is 18.2 Å². The number of carbonyl (C=O) groups is 2. The van der Waals surface area contributed by atoms with E-state index in [1.165, 1.54) is 0 Å². The standard InChI is InChI=1S/C19H27N3O3.ClH/c23-18(11-17-14-25-10-8-20-17)22-9-4-5-15(13-22)12-21-19(24)16-6-2-1-3-7-16;/h1-3,6-7,15,17,20H,4-5,8-14H2,(H,21,24);1H. The normalized spacial score (nSPS) is 23.0. The molecule has 1 aromatic rings. The highest BCUT2D eigenvalue weighted by molar-refractivity contribution is 5.94. The van der Waals surface area contributed by atoms with E-state index in [9.17, 15) is 9.59 Å². The van der Waals surface area contributed by atoms with E-state index in [0.29, 0.717) is 31.1 Å². The maximum absolute atomic E-state index is 12.5. The zero-order chi connectivity index (χ0) is 17.5. The molecule has 0 saturated carbocycles. The van der Waals surface area contributed by atoms with E-state index in [-0.39, 0.29) is 30.3 Å². The van der Waals surface area contributed by atoms with E-state index < -0.39 is 0 Å². The van der Waals surface area contributed by atoms with Crippen LogP contribution in [0, 0.1) is 5.92 Å². The molecule has 2 atom stereocenters. The van der Waals surface area contributed by atoms with Crippen molar-refractivity contribution in [2.45, 2.75) is 25.3 Å². The number of halogens is 1. The van der Waals surface area contributed by atoms with Crippen molar-refractivity contribution >= 4 is 24.2 Å². The average Bonchev–Trinajstić information content (AvgIpc) is 2.68. The Morgan fingerprint density at radius 3 is 2.81 bits per heavy atom. The van der Waals surface area contributed by atoms with E-state index in [2.05, 4.69) is 10.6 Å². The van der Waals surface area contributed by atoms with E-state index >= 15 is 0 Å². The molecule has 3 rings (SSSR count). The maximum Gasteiger partial charge on any atom is 0.251 e. The fourth-order valence-electron chi connectivity index (χ4n) is 3.48. The van der Waals surface area contributed by atoms with Gasteiger partial charge in [-0.3, -0.25) is 9.59 Å². The van der Waals surface area contributed by atoms with Crippen LogP contribution in [0.2, 0.25) is 0 Å². The predicted octanol–water partition coefficient (Wildman–Crippen LogP) is 1.46. The van der Waals surface area contributed by atoms with Gasteiger partial charge in [-0.25, -0.2) is 0 Å². The molecule has 0 aromatic heterocycles. The van der Waals surface area contributed by atoms with Crippen LogP contribution in [0.5, 0.6) is 0 Å². The zero-order valence-electron chi connectivity index (χ0n) is 15.0. The molecular weight excluding hydrogens is 354 g/mol. The van der Waals surface area contributed by atoms with Crippen LogP contribution in [-0.4, -0.2) is 62.1 Å². The topological polar surface area (TPSA) is 70.7 Å². The number of nitrogens with one attached hydrogen (secondary N) is 2. The van der Waals surface area contributed by atoms with Crippen molar-refractivity contribution in [1.29, 1.82) is 0 Å². The second kappa shape index (κ2) is 10.5. The molecule has 2 fully saturated rings. The molecule has 2 N–H and O–H groups in total. The van der Waals surface area contributed by atoms with E-state index in [4.69, 9.17) is 4.74 Å². The molecular formula is C19H28ClN3O3. The Morgan fingerprint density at radius 1 is 1.27 bits per heavy atom. The van der Waals surface area contributed by atoms with E-state index in [1.807, 2.05) is 35.2 Å². The largest absolute Gasteiger partial charge is 0.378 e. The highest BCUT2D eigenvalue weighted by atomic mass is 35.5. The van der Waals surface area contributed by atoms with Crippen LogP contribution in [0.15, 0.2) is 30.3 Å². The molecule has 7 heteroatoms. The van der Waals surface area contributed by atoms with Crippen LogP contribution >= 0.6 is 12.4 Å². The second-order valence-electron chi connectivity index (χ2n) is 6.85. The molecule has 2 aliphatic rings. The third kappa shape index (κ3) is 5.97. The number of ether oxygens (including phenoxy) is 1. The Bertz CT molecular complexity index is 579. The number of amides is 2. The number of carbonyl (C=O) groups excluding carboxylic acids is 2. The third-order valence-electron chi connectivity index (χ3n) is 4.88. The second-order valence-corrected chi connectivity index (χ2v) is 6.85. The number of morpholine rings is 1. The monoisotopic (exact) mass is 381 g/mol. The summed E-state index contributed by atoms with van der Waals surface area (Å²) >= 11 is 0. The van der Waals surface area contributed by atoms with Gasteiger partial charge in [-0.2, -0.15) is 0 Å². The molecule has 2 amide bonds. The van der Waals surface area contributed by atoms with Crippen LogP contribution in [0.3, 0.4) is 0 Å². The minimum atomic E-state index is -0.0485. The Morgan fingerprint density at radius 2 is 2.08 bits per heavy atom. The van der Waals surface area contributed by atoms with Crippen molar-refractivity contribution in [3.63, 3.8) is 0 Å². The van der Waals surface area contributed by atoms with Crippen molar-refractivity contribution in [1.82, 2.24) is 15.5 Å². The molecule has 26 heavy (non-hydrogen) atoms. The van der Waals surface area contributed by atoms with Gasteiger partial charge >= 0.3 is 0 Å². The number of benzene rings is 1. The minimum Gasteiger partial charge on any atom is -0.378 e. The van der Waals surface area contributed by atoms with Gasteiger partial charge < -0.3 is 20.3 Å². The van der Waals surface area contributed by atoms with Gasteiger partial charge in [0.15, 0.2) is 0 Å². The zero-order valence-corrected chi connectivity index (χ0v) is 15.8. The van der Waals surface area contributed by atoms with E-state index in [1.54, 1.807) is 0 Å². The summed E-state index contributed by atoms with van der Waals surface area (Å²) in [7, 11) is 0. The number of likely N-dealkylation sites (tertiary alicyclic amines) is 1. The van der Waals surface area contributed by atoms with Crippen molar-refractivity contribution in [3.05, 3.63) is 35.9 Å². The number of nitrogens with zero attached hydrogens (tertiary/aromatic N) is 1. The van der Waals surface area contributed by atoms with Crippen molar-refractivity contribution < 1.29 is 14.3 Å². The summed E-state index contributed by atoms with van der Waals surface area (Å²) < 4.78 is 5.42. The quantitative estimate of drug-likeness (QED) is 0.810. The molecule has 2 unspecified atom stereocenters. The Labute approximate surface area is 161 Å². The fourth-order valence-corrected chi connectivity index (χ4v) is 3.48. The van der Waals surface area contributed by atoms with Gasteiger partial charge in [-0.05, 0) is 30.9 Å². The van der Waals surface area contributed by atoms with Crippen LogP contribution in [0.1, 0.15) is 29.6 Å². The summed E-state index contributed by atoms with van der Waals surface area (Å²) in [6.07, 6.45) is 2.53. The summed E-state index contributed by atoms with van der Waals surface area (Å²) in [4.78, 5) is 26.6. The van der Waals surface area contributed by atoms with Crippen LogP contribution in [0.25, 0.3) is 0 Å². The Balaban J connectivity index is 0.00000243. The Kier molecular flexibility index (Phi) is 8.35. The average molecular weight is 382 g/mol. The molecule has 6 nitrogen and oxygen atoms in total. The molecule has 0 radical (unpaired) electrons. The first-order valence-electron chi connectivity index (χ1n) is 9.14. The SMILES string of the molecule is Cl.O=C(NCC1CCCN(C(=O)CC2COCCN2)C1)c1ccccc1. The van der Waals surface area contributed by atoms with Gasteiger partial charge in [0.2, 0.25) is 5.91 Å². The predicted molar refractivity (Wildman–Crippen MR) is 103 cm³/mol. The molecule has 2 heterocycles. The van der Waals surface area contributed by atoms with Crippen LogP contribution < -0.4 is 10.6 Å². The molecule has 2 aliphatic heterocycles. The summed E-state index contributed by atoms with van der Waals surface area (Å²) in [5.41, 5.74) is 0.676. The Hall–Kier alpha value is -1.63. The number of hydrogen-bond donors (Lipinski definition) is 2. The van der Waals surface area contributed by atoms with Gasteiger partial charge in [0.1, 0.15) is 0 Å². The van der Waals surface area contributed by atoms with Crippen molar-refractivity contribution in [2.75, 3.05) is 39.4 Å². The van der Waals surface area contributed by atoms with Crippen molar-refractivity contribution in [3.8, 4) is 0 Å². The summed E-state index contributed by atoms with van der Waals surface area (Å²) in [5.74, 6) is 0.454. The number of hydrogen-bond acceptors (Lipinski definition) is 4. The lowest BCUT2D eigenvalue weighted by Crippen LogP contribution is -2.48. The fraction of sp³-hybridized carbons (Fsp3) is 0.579. The smallest absolute Gasteiger partial charge is 0.251 e. The van der Waals surface area contributed by atoms with Gasteiger partial charge in [0.25, 0.3) is 5.91 Å². The molecule has 1 aromatic carbocycles. The highest BCUT2D eigenvalue weighted by Gasteiger charge is 2.26. The summed E-state index contributed by atoms with van der Waals surface area (Å²) in [6.45, 7) is 4.29. The first-order valence-corrected chi connectivity index (χ1v) is 9.14. The lowest BCUT2D eigenvalue weighted by atomic mass is 9.97. The summed E-state index contributed by atoms with van der Waals surface area (Å²) in [5, 5.41) is 6.33. The third-order valence-corrected chi connectivity index (χ3v) is 4.88. The van der Waals surface area contributed by atoms with Gasteiger partial charge in [0, 0.05) is 44.2 Å². The lowest BCUT2D eigenvalue weighted by Gasteiger charge is -2.34. The molecule has 144 valence electrons. The van der Waals surface area contributed by atoms with Gasteiger partial charge in [0.05, 0.1) is 13.2 Å². The van der Waals surface area contributed by atoms with Crippen LogP contribution in [0.4, 0.5) is 0 Å². The first-order chi connectivity index (χ1) is 12.2. The molecule has 0 aliphatic carbocycles. The summed E-state index contributed by atoms with van der Waals surface area (Å²) in [6, 6.07) is 9.36. The van der Waals surface area contributed by atoms with E-state index in [0.717, 1.165) is 39.1 Å².